The normalized spacial score (nSPS) is 15.1. The van der Waals surface area contributed by atoms with Gasteiger partial charge in [0.2, 0.25) is 0 Å². The predicted octanol–water partition coefficient (Wildman–Crippen LogP) is 4.25. The van der Waals surface area contributed by atoms with E-state index in [9.17, 15) is 0 Å². The maximum absolute atomic E-state index is 4.37. The van der Waals surface area contributed by atoms with Gasteiger partial charge in [0.15, 0.2) is 0 Å². The minimum atomic E-state index is 0.310. The number of thiazole rings is 1. The van der Waals surface area contributed by atoms with Gasteiger partial charge in [0, 0.05) is 22.5 Å². The molecule has 0 aliphatic heterocycles. The highest BCUT2D eigenvalue weighted by Gasteiger charge is 2.20. The summed E-state index contributed by atoms with van der Waals surface area (Å²) in [6.45, 7) is 6.69. The summed E-state index contributed by atoms with van der Waals surface area (Å²) in [5, 5.41) is 9.01. The number of thiophene rings is 1. The number of rotatable bonds is 5. The Hall–Kier alpha value is -0.710. The van der Waals surface area contributed by atoms with Crippen molar-refractivity contribution >= 4 is 22.7 Å². The minimum Gasteiger partial charge on any atom is -0.300 e. The van der Waals surface area contributed by atoms with Gasteiger partial charge in [-0.15, -0.1) is 22.7 Å². The molecule has 17 heavy (non-hydrogen) atoms. The van der Waals surface area contributed by atoms with Crippen molar-refractivity contribution in [2.45, 2.75) is 32.9 Å². The molecule has 0 bridgehead atoms. The highest BCUT2D eigenvalue weighted by atomic mass is 32.1. The molecule has 2 aromatic heterocycles. The summed E-state index contributed by atoms with van der Waals surface area (Å²) < 4.78 is 0. The van der Waals surface area contributed by atoms with Gasteiger partial charge in [0.1, 0.15) is 5.01 Å². The molecule has 0 saturated heterocycles. The first-order valence-corrected chi connectivity index (χ1v) is 7.63. The van der Waals surface area contributed by atoms with E-state index in [0.29, 0.717) is 18.0 Å². The van der Waals surface area contributed by atoms with Crippen LogP contribution in [0.2, 0.25) is 0 Å². The zero-order chi connectivity index (χ0) is 12.3. The largest absolute Gasteiger partial charge is 0.300 e. The van der Waals surface area contributed by atoms with Gasteiger partial charge in [-0.25, -0.2) is 4.98 Å². The van der Waals surface area contributed by atoms with E-state index < -0.39 is 0 Å². The zero-order valence-corrected chi connectivity index (χ0v) is 12.0. The van der Waals surface area contributed by atoms with Gasteiger partial charge in [0.25, 0.3) is 0 Å². The van der Waals surface area contributed by atoms with Crippen LogP contribution in [0.1, 0.15) is 42.7 Å². The van der Waals surface area contributed by atoms with Crippen molar-refractivity contribution in [3.8, 4) is 0 Å². The van der Waals surface area contributed by atoms with Crippen LogP contribution in [-0.4, -0.2) is 4.98 Å². The molecule has 2 nitrogen and oxygen atoms in total. The highest BCUT2D eigenvalue weighted by Crippen LogP contribution is 2.29. The Morgan fingerprint density at radius 2 is 2.00 bits per heavy atom. The average Bonchev–Trinajstić information content (AvgIpc) is 2.97. The highest BCUT2D eigenvalue weighted by molar-refractivity contribution is 7.10. The molecule has 2 heterocycles. The summed E-state index contributed by atoms with van der Waals surface area (Å²) in [5.41, 5.74) is 0. The fraction of sp³-hybridized carbons (Fsp3) is 0.462. The van der Waals surface area contributed by atoms with E-state index in [-0.39, 0.29) is 0 Å². The second-order valence-electron chi connectivity index (χ2n) is 4.50. The van der Waals surface area contributed by atoms with E-state index in [1.807, 2.05) is 22.9 Å². The molecule has 0 amide bonds. The van der Waals surface area contributed by atoms with Gasteiger partial charge in [-0.05, 0) is 24.3 Å². The minimum absolute atomic E-state index is 0.310. The number of aromatic nitrogens is 1. The van der Waals surface area contributed by atoms with Crippen LogP contribution < -0.4 is 5.32 Å². The molecular formula is C13H18N2S2. The molecule has 0 aromatic carbocycles. The van der Waals surface area contributed by atoms with Gasteiger partial charge in [-0.3, -0.25) is 0 Å². The lowest BCUT2D eigenvalue weighted by atomic mass is 10.0. The smallest absolute Gasteiger partial charge is 0.109 e. The second kappa shape index (κ2) is 5.76. The van der Waals surface area contributed by atoms with Gasteiger partial charge in [-0.2, -0.15) is 0 Å². The van der Waals surface area contributed by atoms with Crippen LogP contribution >= 0.6 is 22.7 Å². The maximum Gasteiger partial charge on any atom is 0.109 e. The molecular weight excluding hydrogens is 248 g/mol. The third-order valence-corrected chi connectivity index (χ3v) is 4.68. The van der Waals surface area contributed by atoms with Gasteiger partial charge in [-0.1, -0.05) is 19.9 Å². The average molecular weight is 266 g/mol. The summed E-state index contributed by atoms with van der Waals surface area (Å²) >= 11 is 3.53. The molecule has 0 spiro atoms. The molecule has 92 valence electrons. The van der Waals surface area contributed by atoms with Crippen molar-refractivity contribution in [3.05, 3.63) is 39.0 Å². The van der Waals surface area contributed by atoms with Crippen LogP contribution in [0, 0.1) is 5.92 Å². The molecule has 0 aliphatic carbocycles. The van der Waals surface area contributed by atoms with Crippen LogP contribution in [0.25, 0.3) is 0 Å². The first kappa shape index (κ1) is 12.7. The summed E-state index contributed by atoms with van der Waals surface area (Å²) in [4.78, 5) is 5.78. The van der Waals surface area contributed by atoms with Crippen molar-refractivity contribution in [3.63, 3.8) is 0 Å². The van der Waals surface area contributed by atoms with Crippen molar-refractivity contribution in [1.82, 2.24) is 10.3 Å². The summed E-state index contributed by atoms with van der Waals surface area (Å²) in [6.07, 6.45) is 1.87. The van der Waals surface area contributed by atoms with E-state index in [4.69, 9.17) is 0 Å². The summed E-state index contributed by atoms with van der Waals surface area (Å²) in [5.74, 6) is 0.580. The number of hydrogen-bond acceptors (Lipinski definition) is 4. The Kier molecular flexibility index (Phi) is 4.31. The van der Waals surface area contributed by atoms with Crippen LogP contribution in [0.4, 0.5) is 0 Å². The first-order chi connectivity index (χ1) is 8.18. The predicted molar refractivity (Wildman–Crippen MR) is 75.6 cm³/mol. The molecule has 0 saturated carbocycles. The fourth-order valence-corrected chi connectivity index (χ4v) is 3.47. The molecule has 0 radical (unpaired) electrons. The first-order valence-electron chi connectivity index (χ1n) is 5.87. The summed E-state index contributed by atoms with van der Waals surface area (Å²) in [7, 11) is 0. The second-order valence-corrected chi connectivity index (χ2v) is 6.40. The number of nitrogens with one attached hydrogen (secondary N) is 1. The molecule has 4 heteroatoms. The van der Waals surface area contributed by atoms with E-state index in [1.54, 1.807) is 11.3 Å². The monoisotopic (exact) mass is 266 g/mol. The molecule has 2 aromatic rings. The lowest BCUT2D eigenvalue weighted by Gasteiger charge is -2.24. The number of nitrogens with zero attached hydrogens (tertiary/aromatic N) is 1. The number of hydrogen-bond donors (Lipinski definition) is 1. The van der Waals surface area contributed by atoms with E-state index in [1.165, 1.54) is 4.88 Å². The summed E-state index contributed by atoms with van der Waals surface area (Å²) in [6, 6.07) is 5.04. The SMILES string of the molecule is CC(NC(c1cccs1)C(C)C)c1nccs1. The van der Waals surface area contributed by atoms with Crippen LogP contribution in [-0.2, 0) is 0 Å². The molecule has 2 atom stereocenters. The third kappa shape index (κ3) is 3.15. The Morgan fingerprint density at radius 3 is 2.53 bits per heavy atom. The lowest BCUT2D eigenvalue weighted by molar-refractivity contribution is 0.379. The Bertz CT molecular complexity index is 420. The van der Waals surface area contributed by atoms with Crippen LogP contribution in [0.3, 0.4) is 0 Å². The van der Waals surface area contributed by atoms with Crippen molar-refractivity contribution in [2.75, 3.05) is 0 Å². The Balaban J connectivity index is 2.09. The van der Waals surface area contributed by atoms with Crippen LogP contribution in [0.5, 0.6) is 0 Å². The van der Waals surface area contributed by atoms with E-state index >= 15 is 0 Å². The Labute approximate surface area is 111 Å². The molecule has 2 rings (SSSR count). The molecule has 0 fully saturated rings. The fourth-order valence-electron chi connectivity index (χ4n) is 1.86. The lowest BCUT2D eigenvalue weighted by Crippen LogP contribution is -2.27. The third-order valence-electron chi connectivity index (χ3n) is 2.77. The molecule has 2 unspecified atom stereocenters. The quantitative estimate of drug-likeness (QED) is 0.875. The Morgan fingerprint density at radius 1 is 1.18 bits per heavy atom. The van der Waals surface area contributed by atoms with Crippen molar-refractivity contribution < 1.29 is 0 Å². The van der Waals surface area contributed by atoms with Crippen LogP contribution in [0.15, 0.2) is 29.1 Å². The van der Waals surface area contributed by atoms with E-state index in [2.05, 4.69) is 48.6 Å². The van der Waals surface area contributed by atoms with Gasteiger partial charge < -0.3 is 5.32 Å². The van der Waals surface area contributed by atoms with Gasteiger partial charge >= 0.3 is 0 Å². The van der Waals surface area contributed by atoms with Gasteiger partial charge in [0.05, 0.1) is 6.04 Å². The zero-order valence-electron chi connectivity index (χ0n) is 10.4. The molecule has 1 N–H and O–H groups in total. The standard InChI is InChI=1S/C13H18N2S2/c1-9(2)12(11-5-4-7-16-11)15-10(3)13-14-6-8-17-13/h4-10,12,15H,1-3H3. The maximum atomic E-state index is 4.37. The van der Waals surface area contributed by atoms with Crippen molar-refractivity contribution in [2.24, 2.45) is 5.92 Å². The van der Waals surface area contributed by atoms with Crippen molar-refractivity contribution in [1.29, 1.82) is 0 Å². The topological polar surface area (TPSA) is 24.9 Å². The van der Waals surface area contributed by atoms with E-state index in [0.717, 1.165) is 5.01 Å². The molecule has 0 aliphatic rings.